The topological polar surface area (TPSA) is 87.2 Å². The van der Waals surface area contributed by atoms with Crippen LogP contribution in [0.4, 0.5) is 8.78 Å². The Labute approximate surface area is 150 Å². The maximum atomic E-state index is 13.1. The van der Waals surface area contributed by atoms with E-state index < -0.39 is 17.5 Å². The van der Waals surface area contributed by atoms with E-state index in [2.05, 4.69) is 20.5 Å². The van der Waals surface area contributed by atoms with Crippen molar-refractivity contribution in [2.45, 2.75) is 20.3 Å². The van der Waals surface area contributed by atoms with E-state index in [1.54, 1.807) is 0 Å². The van der Waals surface area contributed by atoms with Crippen LogP contribution in [0.1, 0.15) is 21.8 Å². The molecular formula is C17H14F2N4O2S. The molecule has 0 radical (unpaired) electrons. The van der Waals surface area contributed by atoms with Crippen molar-refractivity contribution < 1.29 is 13.6 Å². The van der Waals surface area contributed by atoms with Gasteiger partial charge in [-0.15, -0.1) is 11.3 Å². The van der Waals surface area contributed by atoms with Gasteiger partial charge >= 0.3 is 0 Å². The highest BCUT2D eigenvalue weighted by molar-refractivity contribution is 7.18. The molecule has 0 bridgehead atoms. The molecule has 0 aliphatic rings. The summed E-state index contributed by atoms with van der Waals surface area (Å²) in [5, 5.41) is 4.22. The molecule has 1 amide bonds. The van der Waals surface area contributed by atoms with Crippen molar-refractivity contribution in [3.63, 3.8) is 0 Å². The first-order valence-corrected chi connectivity index (χ1v) is 8.42. The van der Waals surface area contributed by atoms with Gasteiger partial charge in [-0.25, -0.2) is 19.2 Å². The first-order valence-electron chi connectivity index (χ1n) is 7.61. The van der Waals surface area contributed by atoms with Crippen LogP contribution in [0, 0.1) is 25.5 Å². The van der Waals surface area contributed by atoms with Crippen molar-refractivity contribution in [2.24, 2.45) is 5.10 Å². The number of benzene rings is 1. The highest BCUT2D eigenvalue weighted by atomic mass is 32.1. The van der Waals surface area contributed by atoms with Gasteiger partial charge in [-0.3, -0.25) is 9.59 Å². The molecule has 0 saturated carbocycles. The fourth-order valence-corrected chi connectivity index (χ4v) is 3.39. The van der Waals surface area contributed by atoms with E-state index in [9.17, 15) is 18.4 Å². The monoisotopic (exact) mass is 376 g/mol. The fourth-order valence-electron chi connectivity index (χ4n) is 2.35. The first kappa shape index (κ1) is 17.9. The van der Waals surface area contributed by atoms with Gasteiger partial charge in [0.05, 0.1) is 18.0 Å². The molecule has 2 aromatic heterocycles. The quantitative estimate of drug-likeness (QED) is 0.542. The third kappa shape index (κ3) is 3.67. The van der Waals surface area contributed by atoms with E-state index in [0.717, 1.165) is 22.6 Å². The van der Waals surface area contributed by atoms with Gasteiger partial charge < -0.3 is 4.98 Å². The van der Waals surface area contributed by atoms with Crippen molar-refractivity contribution in [1.29, 1.82) is 0 Å². The van der Waals surface area contributed by atoms with Crippen LogP contribution in [0.15, 0.2) is 28.1 Å². The lowest BCUT2D eigenvalue weighted by Crippen LogP contribution is -2.23. The molecule has 26 heavy (non-hydrogen) atoms. The van der Waals surface area contributed by atoms with E-state index in [-0.39, 0.29) is 17.8 Å². The summed E-state index contributed by atoms with van der Waals surface area (Å²) in [6.07, 6.45) is 1.02. The maximum absolute atomic E-state index is 13.1. The molecule has 134 valence electrons. The van der Waals surface area contributed by atoms with Crippen molar-refractivity contribution in [3.05, 3.63) is 62.0 Å². The summed E-state index contributed by atoms with van der Waals surface area (Å²) < 4.78 is 25.9. The molecule has 0 aliphatic heterocycles. The second-order valence-electron chi connectivity index (χ2n) is 5.62. The lowest BCUT2D eigenvalue weighted by atomic mass is 10.2. The zero-order valence-electron chi connectivity index (χ0n) is 13.9. The molecule has 3 aromatic rings. The van der Waals surface area contributed by atoms with Crippen LogP contribution in [0.25, 0.3) is 10.2 Å². The number of fused-ring (bicyclic) bond motifs is 1. The molecule has 1 aromatic carbocycles. The van der Waals surface area contributed by atoms with Crippen molar-refractivity contribution >= 4 is 33.7 Å². The Morgan fingerprint density at radius 2 is 2.12 bits per heavy atom. The second kappa shape index (κ2) is 7.12. The van der Waals surface area contributed by atoms with Gasteiger partial charge in [0.1, 0.15) is 10.7 Å². The molecule has 2 heterocycles. The third-order valence-electron chi connectivity index (χ3n) is 3.76. The lowest BCUT2D eigenvalue weighted by Gasteiger charge is -2.01. The lowest BCUT2D eigenvalue weighted by molar-refractivity contribution is -0.120. The van der Waals surface area contributed by atoms with Crippen LogP contribution in [-0.4, -0.2) is 22.1 Å². The molecule has 2 N–H and O–H groups in total. The predicted molar refractivity (Wildman–Crippen MR) is 95.5 cm³/mol. The van der Waals surface area contributed by atoms with Crippen LogP contribution >= 0.6 is 11.3 Å². The van der Waals surface area contributed by atoms with Crippen LogP contribution in [-0.2, 0) is 11.2 Å². The van der Waals surface area contributed by atoms with E-state index in [4.69, 9.17) is 0 Å². The average Bonchev–Trinajstić information content (AvgIpc) is 2.85. The minimum atomic E-state index is -1.00. The van der Waals surface area contributed by atoms with Gasteiger partial charge in [-0.2, -0.15) is 5.10 Å². The van der Waals surface area contributed by atoms with Crippen molar-refractivity contribution in [3.8, 4) is 0 Å². The van der Waals surface area contributed by atoms with Crippen LogP contribution < -0.4 is 11.0 Å². The Bertz CT molecular complexity index is 1090. The van der Waals surface area contributed by atoms with Crippen molar-refractivity contribution in [1.82, 2.24) is 15.4 Å². The number of aromatic amines is 1. The standard InChI is InChI=1S/C17H14F2N4O2S/c1-8-9(2)26-17-15(8)16(25)21-13(22-17)6-14(24)23-20-7-10-3-4-11(18)12(19)5-10/h3-5,7H,6H2,1-2H3,(H,23,24)(H,21,22,25)/b20-7+. The third-order valence-corrected chi connectivity index (χ3v) is 4.86. The Hall–Kier alpha value is -2.94. The number of rotatable bonds is 4. The molecule has 0 fully saturated rings. The number of carbonyl (C=O) groups excluding carboxylic acids is 1. The number of hydrogen-bond acceptors (Lipinski definition) is 5. The van der Waals surface area contributed by atoms with E-state index >= 15 is 0 Å². The van der Waals surface area contributed by atoms with E-state index in [1.165, 1.54) is 23.6 Å². The van der Waals surface area contributed by atoms with Gasteiger partial charge in [-0.05, 0) is 37.1 Å². The maximum Gasteiger partial charge on any atom is 0.259 e. The summed E-state index contributed by atoms with van der Waals surface area (Å²) in [7, 11) is 0. The molecule has 9 heteroatoms. The fraction of sp³-hybridized carbons (Fsp3) is 0.176. The Morgan fingerprint density at radius 3 is 2.85 bits per heavy atom. The summed E-state index contributed by atoms with van der Waals surface area (Å²) >= 11 is 1.39. The molecule has 3 rings (SSSR count). The second-order valence-corrected chi connectivity index (χ2v) is 6.82. The molecule has 0 atom stereocenters. The summed E-state index contributed by atoms with van der Waals surface area (Å²) in [5.41, 5.74) is 3.14. The molecule has 0 aliphatic carbocycles. The van der Waals surface area contributed by atoms with E-state index in [0.29, 0.717) is 15.8 Å². The van der Waals surface area contributed by atoms with Gasteiger partial charge in [0.2, 0.25) is 5.91 Å². The summed E-state index contributed by atoms with van der Waals surface area (Å²) in [6.45, 7) is 3.75. The number of nitrogens with one attached hydrogen (secondary N) is 2. The normalized spacial score (nSPS) is 11.4. The predicted octanol–water partition coefficient (Wildman–Crippen LogP) is 2.57. The smallest absolute Gasteiger partial charge is 0.259 e. The number of hydrazone groups is 1. The highest BCUT2D eigenvalue weighted by Gasteiger charge is 2.13. The van der Waals surface area contributed by atoms with Crippen molar-refractivity contribution in [2.75, 3.05) is 0 Å². The number of carbonyl (C=O) groups is 1. The van der Waals surface area contributed by atoms with Gasteiger partial charge in [-0.1, -0.05) is 6.07 Å². The number of hydrogen-bond donors (Lipinski definition) is 2. The van der Waals surface area contributed by atoms with Gasteiger partial charge in [0.25, 0.3) is 5.56 Å². The Morgan fingerprint density at radius 1 is 1.35 bits per heavy atom. The molecule has 0 unspecified atom stereocenters. The van der Waals surface area contributed by atoms with Crippen LogP contribution in [0.2, 0.25) is 0 Å². The number of H-pyrrole nitrogens is 1. The summed E-state index contributed by atoms with van der Waals surface area (Å²) in [5.74, 6) is -2.24. The largest absolute Gasteiger partial charge is 0.309 e. The van der Waals surface area contributed by atoms with Gasteiger partial charge in [0.15, 0.2) is 11.6 Å². The summed E-state index contributed by atoms with van der Waals surface area (Å²) in [4.78, 5) is 32.6. The minimum Gasteiger partial charge on any atom is -0.309 e. The first-order chi connectivity index (χ1) is 12.3. The van der Waals surface area contributed by atoms with Gasteiger partial charge in [0, 0.05) is 4.88 Å². The molecule has 0 spiro atoms. The molecule has 0 saturated heterocycles. The molecular weight excluding hydrogens is 362 g/mol. The average molecular weight is 376 g/mol. The number of aryl methyl sites for hydroxylation is 2. The zero-order chi connectivity index (χ0) is 18.8. The summed E-state index contributed by atoms with van der Waals surface area (Å²) in [6, 6.07) is 3.25. The van der Waals surface area contributed by atoms with E-state index in [1.807, 2.05) is 13.8 Å². The number of aromatic nitrogens is 2. The Balaban J connectivity index is 1.70. The van der Waals surface area contributed by atoms with Crippen LogP contribution in [0.3, 0.4) is 0 Å². The number of halogens is 2. The Kier molecular flexibility index (Phi) is 4.90. The zero-order valence-corrected chi connectivity index (χ0v) is 14.7. The number of thiophene rings is 1. The minimum absolute atomic E-state index is 0.170. The highest BCUT2D eigenvalue weighted by Crippen LogP contribution is 2.25. The SMILES string of the molecule is Cc1sc2nc(CC(=O)N/N=C/c3ccc(F)c(F)c3)[nH]c(=O)c2c1C. The molecule has 6 nitrogen and oxygen atoms in total. The number of nitrogens with zero attached hydrogens (tertiary/aromatic N) is 2. The number of amides is 1. The van der Waals surface area contributed by atoms with Crippen LogP contribution in [0.5, 0.6) is 0 Å².